The molecule has 0 saturated heterocycles. The van der Waals surface area contributed by atoms with Gasteiger partial charge in [-0.15, -0.1) is 0 Å². The lowest BCUT2D eigenvalue weighted by Gasteiger charge is -2.19. The van der Waals surface area contributed by atoms with Crippen molar-refractivity contribution in [3.63, 3.8) is 0 Å². The van der Waals surface area contributed by atoms with Crippen molar-refractivity contribution in [3.8, 4) is 0 Å². The van der Waals surface area contributed by atoms with Crippen molar-refractivity contribution in [2.24, 2.45) is 0 Å². The van der Waals surface area contributed by atoms with E-state index in [1.807, 2.05) is 6.08 Å². The van der Waals surface area contributed by atoms with Crippen molar-refractivity contribution >= 4 is 5.91 Å². The number of aliphatic hydroxyl groups is 2. The van der Waals surface area contributed by atoms with E-state index in [0.29, 0.717) is 6.42 Å². The number of nitrogens with one attached hydrogen (secondary N) is 1. The monoisotopic (exact) mass is 700 g/mol. The molecule has 50 heavy (non-hydrogen) atoms. The maximum Gasteiger partial charge on any atom is 0.220 e. The van der Waals surface area contributed by atoms with Crippen LogP contribution >= 0.6 is 0 Å². The summed E-state index contributed by atoms with van der Waals surface area (Å²) >= 11 is 0. The Kier molecular flexibility index (Phi) is 40.4. The van der Waals surface area contributed by atoms with E-state index in [1.54, 1.807) is 6.08 Å². The standard InChI is InChI=1S/C46H85NO3/c1-3-5-7-9-11-13-15-17-18-19-20-21-22-23-24-25-26-27-28-30-31-33-35-37-39-41-45(49)44(43-48)47-46(50)42-40-38-36-34-32-29-16-14-12-10-8-6-4-2/h14,16,26-27,31,33,39,41,44-45,48-49H,3-13,15,17-25,28-30,32,34-38,40,42-43H2,1-2H3,(H,47,50)/b16-14-,27-26+,33-31+,41-39+. The lowest BCUT2D eigenvalue weighted by atomic mass is 10.0. The number of carbonyl (C=O) groups excluding carboxylic acids is 1. The molecule has 2 unspecified atom stereocenters. The first-order valence-corrected chi connectivity index (χ1v) is 21.9. The van der Waals surface area contributed by atoms with Crippen molar-refractivity contribution in [1.82, 2.24) is 5.32 Å². The summed E-state index contributed by atoms with van der Waals surface area (Å²) in [5.74, 6) is -0.0886. The fraction of sp³-hybridized carbons (Fsp3) is 0.804. The molecule has 0 bridgehead atoms. The van der Waals surface area contributed by atoms with Crippen LogP contribution < -0.4 is 5.32 Å². The number of carbonyl (C=O) groups is 1. The van der Waals surface area contributed by atoms with E-state index in [-0.39, 0.29) is 12.5 Å². The molecule has 0 fully saturated rings. The Morgan fingerprint density at radius 2 is 0.780 bits per heavy atom. The lowest BCUT2D eigenvalue weighted by Crippen LogP contribution is -2.45. The van der Waals surface area contributed by atoms with Crippen LogP contribution in [0.25, 0.3) is 0 Å². The van der Waals surface area contributed by atoms with E-state index < -0.39 is 12.1 Å². The SMILES string of the molecule is CCCCCC/C=C\CCCCCCCC(=O)NC(CO)C(O)/C=C/CC/C=C/CC/C=C/CCCCCCCCCCCCCCCCC. The highest BCUT2D eigenvalue weighted by molar-refractivity contribution is 5.76. The van der Waals surface area contributed by atoms with E-state index in [4.69, 9.17) is 0 Å². The van der Waals surface area contributed by atoms with Gasteiger partial charge in [-0.25, -0.2) is 0 Å². The van der Waals surface area contributed by atoms with Crippen LogP contribution in [0.15, 0.2) is 48.6 Å². The summed E-state index contributed by atoms with van der Waals surface area (Å²) in [6.45, 7) is 4.27. The van der Waals surface area contributed by atoms with E-state index in [9.17, 15) is 15.0 Å². The molecular formula is C46H85NO3. The van der Waals surface area contributed by atoms with Gasteiger partial charge < -0.3 is 15.5 Å². The topological polar surface area (TPSA) is 69.6 Å². The Morgan fingerprint density at radius 1 is 0.460 bits per heavy atom. The number of hydrogen-bond acceptors (Lipinski definition) is 3. The molecule has 0 spiro atoms. The highest BCUT2D eigenvalue weighted by Gasteiger charge is 2.17. The van der Waals surface area contributed by atoms with Gasteiger partial charge in [-0.05, 0) is 70.6 Å². The Morgan fingerprint density at radius 3 is 1.18 bits per heavy atom. The van der Waals surface area contributed by atoms with Crippen molar-refractivity contribution in [2.75, 3.05) is 6.61 Å². The zero-order valence-electron chi connectivity index (χ0n) is 33.4. The summed E-state index contributed by atoms with van der Waals surface area (Å²) < 4.78 is 0. The van der Waals surface area contributed by atoms with Crippen molar-refractivity contribution in [3.05, 3.63) is 48.6 Å². The van der Waals surface area contributed by atoms with Gasteiger partial charge in [0.25, 0.3) is 0 Å². The Labute approximate surface area is 312 Å². The van der Waals surface area contributed by atoms with Crippen LogP contribution in [-0.2, 0) is 4.79 Å². The van der Waals surface area contributed by atoms with Gasteiger partial charge in [0.05, 0.1) is 18.8 Å². The summed E-state index contributed by atoms with van der Waals surface area (Å²) in [6, 6.07) is -0.649. The molecule has 4 nitrogen and oxygen atoms in total. The van der Waals surface area contributed by atoms with Crippen LogP contribution in [0, 0.1) is 0 Å². The van der Waals surface area contributed by atoms with Gasteiger partial charge in [0.15, 0.2) is 0 Å². The van der Waals surface area contributed by atoms with Gasteiger partial charge in [-0.2, -0.15) is 0 Å². The maximum atomic E-state index is 12.3. The highest BCUT2D eigenvalue weighted by atomic mass is 16.3. The zero-order chi connectivity index (χ0) is 36.4. The molecule has 0 aliphatic rings. The number of allylic oxidation sites excluding steroid dienone is 7. The van der Waals surface area contributed by atoms with E-state index in [1.165, 1.54) is 148 Å². The average molecular weight is 700 g/mol. The lowest BCUT2D eigenvalue weighted by molar-refractivity contribution is -0.123. The van der Waals surface area contributed by atoms with E-state index >= 15 is 0 Å². The quantitative estimate of drug-likeness (QED) is 0.0442. The third-order valence-corrected chi connectivity index (χ3v) is 9.76. The number of aliphatic hydroxyl groups excluding tert-OH is 2. The molecular weight excluding hydrogens is 615 g/mol. The number of hydrogen-bond donors (Lipinski definition) is 3. The van der Waals surface area contributed by atoms with Crippen molar-refractivity contribution < 1.29 is 15.0 Å². The second kappa shape index (κ2) is 41.8. The van der Waals surface area contributed by atoms with Crippen LogP contribution in [-0.4, -0.2) is 34.9 Å². The molecule has 0 aromatic rings. The van der Waals surface area contributed by atoms with Crippen molar-refractivity contribution in [1.29, 1.82) is 0 Å². The number of unbranched alkanes of at least 4 members (excludes halogenated alkanes) is 26. The second-order valence-electron chi connectivity index (χ2n) is 14.7. The largest absolute Gasteiger partial charge is 0.394 e. The zero-order valence-corrected chi connectivity index (χ0v) is 33.4. The second-order valence-corrected chi connectivity index (χ2v) is 14.7. The summed E-state index contributed by atoms with van der Waals surface area (Å²) in [7, 11) is 0. The molecule has 0 aliphatic carbocycles. The smallest absolute Gasteiger partial charge is 0.220 e. The molecule has 0 aromatic carbocycles. The van der Waals surface area contributed by atoms with Gasteiger partial charge in [0.2, 0.25) is 5.91 Å². The van der Waals surface area contributed by atoms with Gasteiger partial charge in [-0.1, -0.05) is 191 Å². The molecule has 0 aliphatic heterocycles. The van der Waals surface area contributed by atoms with Crippen molar-refractivity contribution in [2.45, 2.75) is 231 Å². The third kappa shape index (κ3) is 37.6. The predicted octanol–water partition coefficient (Wildman–Crippen LogP) is 13.6. The molecule has 0 radical (unpaired) electrons. The van der Waals surface area contributed by atoms with Gasteiger partial charge in [0.1, 0.15) is 0 Å². The molecule has 292 valence electrons. The van der Waals surface area contributed by atoms with E-state index in [2.05, 4.69) is 55.6 Å². The molecule has 0 rings (SSSR count). The summed E-state index contributed by atoms with van der Waals surface area (Å²) in [5, 5.41) is 22.9. The Bertz CT molecular complexity index is 801. The predicted molar refractivity (Wildman–Crippen MR) is 221 cm³/mol. The van der Waals surface area contributed by atoms with Crippen LogP contribution in [0.4, 0.5) is 0 Å². The highest BCUT2D eigenvalue weighted by Crippen LogP contribution is 2.14. The molecule has 4 heteroatoms. The molecule has 3 N–H and O–H groups in total. The fourth-order valence-electron chi connectivity index (χ4n) is 6.38. The minimum absolute atomic E-state index is 0.0886. The first kappa shape index (κ1) is 48.3. The maximum absolute atomic E-state index is 12.3. The minimum Gasteiger partial charge on any atom is -0.394 e. The Balaban J connectivity index is 3.63. The normalized spacial score (nSPS) is 13.4. The van der Waals surface area contributed by atoms with Gasteiger partial charge in [0, 0.05) is 6.42 Å². The number of amides is 1. The first-order chi connectivity index (χ1) is 24.7. The molecule has 2 atom stereocenters. The van der Waals surface area contributed by atoms with Gasteiger partial charge >= 0.3 is 0 Å². The molecule has 0 saturated carbocycles. The minimum atomic E-state index is -0.873. The Hall–Kier alpha value is -1.65. The van der Waals surface area contributed by atoms with E-state index in [0.717, 1.165) is 51.4 Å². The summed E-state index contributed by atoms with van der Waals surface area (Å²) in [5.41, 5.74) is 0. The van der Waals surface area contributed by atoms with Crippen LogP contribution in [0.3, 0.4) is 0 Å². The number of rotatable bonds is 39. The van der Waals surface area contributed by atoms with Crippen LogP contribution in [0.5, 0.6) is 0 Å². The van der Waals surface area contributed by atoms with Gasteiger partial charge in [-0.3, -0.25) is 4.79 Å². The third-order valence-electron chi connectivity index (χ3n) is 9.76. The molecule has 0 heterocycles. The van der Waals surface area contributed by atoms with Crippen LogP contribution in [0.2, 0.25) is 0 Å². The fourth-order valence-corrected chi connectivity index (χ4v) is 6.38. The first-order valence-electron chi connectivity index (χ1n) is 21.9. The average Bonchev–Trinajstić information content (AvgIpc) is 3.12. The molecule has 0 aromatic heterocycles. The van der Waals surface area contributed by atoms with Crippen LogP contribution in [0.1, 0.15) is 219 Å². The summed E-state index contributed by atoms with van der Waals surface area (Å²) in [4.78, 5) is 12.3. The summed E-state index contributed by atoms with van der Waals surface area (Å²) in [6.07, 6.45) is 56.5. The molecule has 1 amide bonds.